The molecule has 0 radical (unpaired) electrons. The molecule has 0 unspecified atom stereocenters. The van der Waals surface area contributed by atoms with Crippen LogP contribution in [0.1, 0.15) is 16.7 Å². The van der Waals surface area contributed by atoms with E-state index in [9.17, 15) is 18.8 Å². The van der Waals surface area contributed by atoms with Crippen LogP contribution in [0.25, 0.3) is 6.08 Å². The molecule has 1 saturated heterocycles. The maximum absolute atomic E-state index is 13.2. The summed E-state index contributed by atoms with van der Waals surface area (Å²) >= 11 is 3.38. The molecule has 0 aromatic heterocycles. The van der Waals surface area contributed by atoms with E-state index in [2.05, 4.69) is 21.2 Å². The van der Waals surface area contributed by atoms with Gasteiger partial charge in [0.2, 0.25) is 0 Å². The van der Waals surface area contributed by atoms with Crippen molar-refractivity contribution in [1.82, 2.24) is 5.32 Å². The van der Waals surface area contributed by atoms with Crippen molar-refractivity contribution in [2.24, 2.45) is 0 Å². The molecule has 8 heteroatoms. The number of carbonyl (C=O) groups excluding carboxylic acids is 3. The fraction of sp³-hybridized carbons (Fsp3) is 0.0800. The number of halogens is 2. The van der Waals surface area contributed by atoms with Crippen molar-refractivity contribution < 1.29 is 23.5 Å². The highest BCUT2D eigenvalue weighted by Crippen LogP contribution is 2.29. The number of nitrogens with one attached hydrogen (secondary N) is 1. The fourth-order valence-corrected chi connectivity index (χ4v) is 3.70. The van der Waals surface area contributed by atoms with Crippen LogP contribution in [0.4, 0.5) is 14.9 Å². The molecule has 0 bridgehead atoms. The second-order valence-electron chi connectivity index (χ2n) is 7.39. The van der Waals surface area contributed by atoms with E-state index < -0.39 is 17.8 Å². The third-order valence-electron chi connectivity index (χ3n) is 4.94. The van der Waals surface area contributed by atoms with Gasteiger partial charge < -0.3 is 4.74 Å². The second-order valence-corrected chi connectivity index (χ2v) is 8.31. The van der Waals surface area contributed by atoms with Gasteiger partial charge in [-0.05, 0) is 66.6 Å². The van der Waals surface area contributed by atoms with E-state index in [4.69, 9.17) is 4.74 Å². The summed E-state index contributed by atoms with van der Waals surface area (Å²) in [6, 6.07) is 17.1. The first-order valence-corrected chi connectivity index (χ1v) is 10.8. The smallest absolute Gasteiger partial charge is 0.335 e. The maximum atomic E-state index is 13.2. The van der Waals surface area contributed by atoms with Gasteiger partial charge in [0.1, 0.15) is 23.7 Å². The number of imide groups is 2. The monoisotopic (exact) mass is 508 g/mol. The van der Waals surface area contributed by atoms with Crippen LogP contribution in [0.5, 0.6) is 5.75 Å². The minimum absolute atomic E-state index is 0.159. The molecule has 1 N–H and O–H groups in total. The Kier molecular flexibility index (Phi) is 6.37. The number of carbonyl (C=O) groups is 3. The van der Waals surface area contributed by atoms with Gasteiger partial charge >= 0.3 is 6.03 Å². The van der Waals surface area contributed by atoms with E-state index in [0.29, 0.717) is 21.5 Å². The quantitative estimate of drug-likeness (QED) is 0.382. The molecule has 1 heterocycles. The second kappa shape index (κ2) is 9.38. The summed E-state index contributed by atoms with van der Waals surface area (Å²) in [5.41, 5.74) is 2.22. The standard InChI is InChI=1S/C25H18BrFN2O4/c1-15-3-2-4-20(11-15)29-24(31)21(23(30)28-25(29)32)13-17-12-18(26)7-10-22(17)33-14-16-5-8-19(27)9-6-16/h2-13H,14H2,1H3,(H,28,30,32)/b21-13+. The van der Waals surface area contributed by atoms with Crippen molar-refractivity contribution in [3.63, 3.8) is 0 Å². The molecular weight excluding hydrogens is 491 g/mol. The number of anilines is 1. The third-order valence-corrected chi connectivity index (χ3v) is 5.43. The number of nitrogens with zero attached hydrogens (tertiary/aromatic N) is 1. The topological polar surface area (TPSA) is 75.7 Å². The summed E-state index contributed by atoms with van der Waals surface area (Å²) in [6.45, 7) is 2.00. The van der Waals surface area contributed by atoms with E-state index in [1.807, 2.05) is 13.0 Å². The van der Waals surface area contributed by atoms with Gasteiger partial charge in [0, 0.05) is 10.0 Å². The molecule has 0 aliphatic carbocycles. The van der Waals surface area contributed by atoms with Crippen molar-refractivity contribution in [3.05, 3.63) is 99.3 Å². The number of benzene rings is 3. The molecule has 33 heavy (non-hydrogen) atoms. The zero-order valence-electron chi connectivity index (χ0n) is 17.5. The van der Waals surface area contributed by atoms with Crippen molar-refractivity contribution in [3.8, 4) is 5.75 Å². The number of aryl methyl sites for hydroxylation is 1. The molecule has 1 fully saturated rings. The number of urea groups is 1. The van der Waals surface area contributed by atoms with Crippen LogP contribution < -0.4 is 15.0 Å². The summed E-state index contributed by atoms with van der Waals surface area (Å²) < 4.78 is 19.7. The minimum atomic E-state index is -0.810. The van der Waals surface area contributed by atoms with Crippen LogP contribution in [0, 0.1) is 12.7 Å². The first-order chi connectivity index (χ1) is 15.8. The predicted molar refractivity (Wildman–Crippen MR) is 125 cm³/mol. The molecule has 1 aliphatic rings. The lowest BCUT2D eigenvalue weighted by molar-refractivity contribution is -0.122. The van der Waals surface area contributed by atoms with E-state index in [0.717, 1.165) is 16.0 Å². The fourth-order valence-electron chi connectivity index (χ4n) is 3.32. The van der Waals surface area contributed by atoms with E-state index in [1.54, 1.807) is 48.5 Å². The molecule has 0 atom stereocenters. The lowest BCUT2D eigenvalue weighted by Gasteiger charge is -2.26. The van der Waals surface area contributed by atoms with Crippen LogP contribution in [-0.4, -0.2) is 17.8 Å². The van der Waals surface area contributed by atoms with Gasteiger partial charge in [0.15, 0.2) is 0 Å². The highest BCUT2D eigenvalue weighted by atomic mass is 79.9. The molecule has 3 aromatic carbocycles. The number of hydrogen-bond donors (Lipinski definition) is 1. The molecule has 3 aromatic rings. The minimum Gasteiger partial charge on any atom is -0.488 e. The Morgan fingerprint density at radius 3 is 2.52 bits per heavy atom. The first kappa shape index (κ1) is 22.4. The van der Waals surface area contributed by atoms with Crippen molar-refractivity contribution in [2.75, 3.05) is 4.90 Å². The summed E-state index contributed by atoms with van der Waals surface area (Å²) in [5.74, 6) is -1.46. The predicted octanol–water partition coefficient (Wildman–Crippen LogP) is 5.14. The summed E-state index contributed by atoms with van der Waals surface area (Å²) in [4.78, 5) is 39.0. The van der Waals surface area contributed by atoms with Gasteiger partial charge in [-0.1, -0.05) is 40.2 Å². The van der Waals surface area contributed by atoms with Crippen LogP contribution in [-0.2, 0) is 16.2 Å². The highest BCUT2D eigenvalue weighted by molar-refractivity contribution is 9.10. The molecule has 1 aliphatic heterocycles. The van der Waals surface area contributed by atoms with Gasteiger partial charge in [-0.25, -0.2) is 14.1 Å². The Morgan fingerprint density at radius 2 is 1.79 bits per heavy atom. The Bertz CT molecular complexity index is 1290. The molecule has 166 valence electrons. The van der Waals surface area contributed by atoms with Crippen molar-refractivity contribution >= 4 is 45.5 Å². The molecular formula is C25H18BrFN2O4. The number of amides is 4. The number of barbiturate groups is 1. The lowest BCUT2D eigenvalue weighted by Crippen LogP contribution is -2.54. The van der Waals surface area contributed by atoms with Gasteiger partial charge in [-0.15, -0.1) is 0 Å². The maximum Gasteiger partial charge on any atom is 0.335 e. The Labute approximate surface area is 197 Å². The van der Waals surface area contributed by atoms with Crippen LogP contribution in [0.15, 0.2) is 76.8 Å². The largest absolute Gasteiger partial charge is 0.488 e. The third kappa shape index (κ3) is 5.01. The van der Waals surface area contributed by atoms with Crippen LogP contribution in [0.2, 0.25) is 0 Å². The lowest BCUT2D eigenvalue weighted by atomic mass is 10.1. The van der Waals surface area contributed by atoms with Crippen molar-refractivity contribution in [1.29, 1.82) is 0 Å². The number of ether oxygens (including phenoxy) is 1. The van der Waals surface area contributed by atoms with Gasteiger partial charge in [-0.2, -0.15) is 0 Å². The Balaban J connectivity index is 1.67. The molecule has 4 rings (SSSR count). The van der Waals surface area contributed by atoms with Gasteiger partial charge in [0.05, 0.1) is 5.69 Å². The van der Waals surface area contributed by atoms with Gasteiger partial charge in [-0.3, -0.25) is 14.9 Å². The Morgan fingerprint density at radius 1 is 1.03 bits per heavy atom. The summed E-state index contributed by atoms with van der Waals surface area (Å²) in [5, 5.41) is 2.22. The summed E-state index contributed by atoms with van der Waals surface area (Å²) in [6.07, 6.45) is 1.39. The highest BCUT2D eigenvalue weighted by Gasteiger charge is 2.37. The van der Waals surface area contributed by atoms with Gasteiger partial charge in [0.25, 0.3) is 11.8 Å². The van der Waals surface area contributed by atoms with Crippen molar-refractivity contribution in [2.45, 2.75) is 13.5 Å². The normalized spacial score (nSPS) is 15.1. The number of rotatable bonds is 5. The van der Waals surface area contributed by atoms with E-state index in [-0.39, 0.29) is 18.0 Å². The first-order valence-electron chi connectivity index (χ1n) is 9.97. The average Bonchev–Trinajstić information content (AvgIpc) is 2.77. The van der Waals surface area contributed by atoms with E-state index in [1.165, 1.54) is 18.2 Å². The average molecular weight is 509 g/mol. The zero-order valence-corrected chi connectivity index (χ0v) is 19.1. The number of hydrogen-bond acceptors (Lipinski definition) is 4. The summed E-state index contributed by atoms with van der Waals surface area (Å²) in [7, 11) is 0. The zero-order chi connectivity index (χ0) is 23.5. The molecule has 6 nitrogen and oxygen atoms in total. The van der Waals surface area contributed by atoms with Crippen LogP contribution >= 0.6 is 15.9 Å². The molecule has 4 amide bonds. The Hall–Kier alpha value is -3.78. The molecule has 0 spiro atoms. The molecule has 0 saturated carbocycles. The van der Waals surface area contributed by atoms with E-state index >= 15 is 0 Å². The SMILES string of the molecule is Cc1cccc(N2C(=O)NC(=O)/C(=C\c3cc(Br)ccc3OCc3ccc(F)cc3)C2=O)c1. The van der Waals surface area contributed by atoms with Crippen LogP contribution in [0.3, 0.4) is 0 Å².